The molecule has 0 N–H and O–H groups in total. The topological polar surface area (TPSA) is 43.1 Å². The molecule has 5 rings (SSSR count). The van der Waals surface area contributed by atoms with Crippen molar-refractivity contribution in [2.75, 3.05) is 0 Å². The van der Waals surface area contributed by atoms with Crippen LogP contribution in [0.3, 0.4) is 0 Å². The Bertz CT molecular complexity index is 1230. The highest BCUT2D eigenvalue weighted by Gasteiger charge is 2.13. The van der Waals surface area contributed by atoms with Crippen LogP contribution in [0.25, 0.3) is 16.9 Å². The SMILES string of the molecule is c1ccc(Cc2cn3cc(-c4ccccc4)nc(Cc4cccnc4)c3n2)cc1. The van der Waals surface area contributed by atoms with Gasteiger partial charge in [0, 0.05) is 43.2 Å². The molecule has 0 saturated heterocycles. The van der Waals surface area contributed by atoms with Crippen molar-refractivity contribution in [1.29, 1.82) is 0 Å². The van der Waals surface area contributed by atoms with E-state index in [1.807, 2.05) is 36.5 Å². The van der Waals surface area contributed by atoms with E-state index in [-0.39, 0.29) is 0 Å². The van der Waals surface area contributed by atoms with Gasteiger partial charge in [-0.1, -0.05) is 66.7 Å². The molecule has 0 amide bonds. The van der Waals surface area contributed by atoms with Crippen LogP contribution in [0.15, 0.2) is 97.6 Å². The number of hydrogen-bond donors (Lipinski definition) is 0. The summed E-state index contributed by atoms with van der Waals surface area (Å²) in [7, 11) is 0. The molecule has 2 aromatic carbocycles. The van der Waals surface area contributed by atoms with E-state index in [0.717, 1.165) is 40.3 Å². The second kappa shape index (κ2) is 7.68. The standard InChI is InChI=1S/C25H20N4/c1-3-8-19(9-4-1)14-22-17-29-18-24(21-11-5-2-6-12-21)28-23(25(29)27-22)15-20-10-7-13-26-16-20/h1-13,16-18H,14-15H2. The second-order valence-corrected chi connectivity index (χ2v) is 7.10. The quantitative estimate of drug-likeness (QED) is 0.435. The lowest BCUT2D eigenvalue weighted by Crippen LogP contribution is -2.00. The molecule has 4 nitrogen and oxygen atoms in total. The normalized spacial score (nSPS) is 11.0. The summed E-state index contributed by atoms with van der Waals surface area (Å²) in [6, 6.07) is 24.7. The van der Waals surface area contributed by atoms with Gasteiger partial charge in [0.15, 0.2) is 5.65 Å². The third-order valence-corrected chi connectivity index (χ3v) is 4.95. The number of rotatable bonds is 5. The number of nitrogens with zero attached hydrogens (tertiary/aromatic N) is 4. The molecule has 0 aliphatic heterocycles. The molecule has 0 bridgehead atoms. The molecule has 0 unspecified atom stereocenters. The van der Waals surface area contributed by atoms with Crippen LogP contribution < -0.4 is 0 Å². The van der Waals surface area contributed by atoms with Crippen LogP contribution in [0.2, 0.25) is 0 Å². The van der Waals surface area contributed by atoms with E-state index < -0.39 is 0 Å². The molecule has 0 aliphatic carbocycles. The van der Waals surface area contributed by atoms with Gasteiger partial charge in [-0.2, -0.15) is 0 Å². The molecule has 5 aromatic rings. The molecule has 3 heterocycles. The predicted molar refractivity (Wildman–Crippen MR) is 115 cm³/mol. The van der Waals surface area contributed by atoms with Crippen LogP contribution >= 0.6 is 0 Å². The molecule has 0 saturated carbocycles. The molecular formula is C25H20N4. The van der Waals surface area contributed by atoms with Crippen LogP contribution in [0.5, 0.6) is 0 Å². The number of pyridine rings is 1. The van der Waals surface area contributed by atoms with E-state index in [4.69, 9.17) is 9.97 Å². The van der Waals surface area contributed by atoms with E-state index in [0.29, 0.717) is 6.42 Å². The Labute approximate surface area is 169 Å². The Morgan fingerprint density at radius 2 is 1.45 bits per heavy atom. The van der Waals surface area contributed by atoms with Crippen molar-refractivity contribution in [2.24, 2.45) is 0 Å². The lowest BCUT2D eigenvalue weighted by atomic mass is 10.1. The summed E-state index contributed by atoms with van der Waals surface area (Å²) in [5.41, 5.74) is 7.32. The smallest absolute Gasteiger partial charge is 0.159 e. The maximum Gasteiger partial charge on any atom is 0.159 e. The molecule has 0 radical (unpaired) electrons. The lowest BCUT2D eigenvalue weighted by Gasteiger charge is -2.08. The van der Waals surface area contributed by atoms with Gasteiger partial charge in [0.2, 0.25) is 0 Å². The van der Waals surface area contributed by atoms with Crippen LogP contribution in [0.4, 0.5) is 0 Å². The zero-order chi connectivity index (χ0) is 19.5. The summed E-state index contributed by atoms with van der Waals surface area (Å²) in [4.78, 5) is 14.1. The summed E-state index contributed by atoms with van der Waals surface area (Å²) >= 11 is 0. The van der Waals surface area contributed by atoms with Crippen molar-refractivity contribution < 1.29 is 0 Å². The number of imidazole rings is 1. The molecule has 29 heavy (non-hydrogen) atoms. The van der Waals surface area contributed by atoms with Gasteiger partial charge in [-0.25, -0.2) is 9.97 Å². The minimum Gasteiger partial charge on any atom is -0.303 e. The van der Waals surface area contributed by atoms with Crippen LogP contribution in [0.1, 0.15) is 22.5 Å². The van der Waals surface area contributed by atoms with Crippen LogP contribution in [-0.4, -0.2) is 19.4 Å². The maximum atomic E-state index is 4.98. The van der Waals surface area contributed by atoms with Crippen LogP contribution in [-0.2, 0) is 12.8 Å². The largest absolute Gasteiger partial charge is 0.303 e. The zero-order valence-corrected chi connectivity index (χ0v) is 15.9. The van der Waals surface area contributed by atoms with Gasteiger partial charge in [-0.3, -0.25) is 4.98 Å². The summed E-state index contributed by atoms with van der Waals surface area (Å²) in [5.74, 6) is 0. The highest BCUT2D eigenvalue weighted by atomic mass is 15.0. The highest BCUT2D eigenvalue weighted by molar-refractivity contribution is 5.61. The Balaban J connectivity index is 1.61. The molecule has 0 aliphatic rings. The summed E-state index contributed by atoms with van der Waals surface area (Å²) in [5, 5.41) is 0. The first-order valence-electron chi connectivity index (χ1n) is 9.71. The molecule has 140 valence electrons. The predicted octanol–water partition coefficient (Wildman–Crippen LogP) is 4.97. The zero-order valence-electron chi connectivity index (χ0n) is 15.9. The summed E-state index contributed by atoms with van der Waals surface area (Å²) < 4.78 is 2.11. The van der Waals surface area contributed by atoms with Gasteiger partial charge in [0.05, 0.1) is 17.1 Å². The average molecular weight is 376 g/mol. The van der Waals surface area contributed by atoms with Gasteiger partial charge < -0.3 is 4.40 Å². The first-order chi connectivity index (χ1) is 14.3. The molecule has 0 spiro atoms. The van der Waals surface area contributed by atoms with E-state index in [2.05, 4.69) is 64.2 Å². The first kappa shape index (κ1) is 17.3. The van der Waals surface area contributed by atoms with Crippen molar-refractivity contribution in [3.05, 3.63) is 120 Å². The molecule has 3 aromatic heterocycles. The number of hydrogen-bond acceptors (Lipinski definition) is 3. The Morgan fingerprint density at radius 3 is 2.21 bits per heavy atom. The second-order valence-electron chi connectivity index (χ2n) is 7.10. The average Bonchev–Trinajstić information content (AvgIpc) is 3.18. The maximum absolute atomic E-state index is 4.98. The van der Waals surface area contributed by atoms with Crippen molar-refractivity contribution >= 4 is 5.65 Å². The van der Waals surface area contributed by atoms with Crippen molar-refractivity contribution in [3.8, 4) is 11.3 Å². The van der Waals surface area contributed by atoms with E-state index in [1.165, 1.54) is 5.56 Å². The summed E-state index contributed by atoms with van der Waals surface area (Å²) in [6.07, 6.45) is 9.36. The molecule has 0 fully saturated rings. The minimum absolute atomic E-state index is 0.694. The monoisotopic (exact) mass is 376 g/mol. The Morgan fingerprint density at radius 1 is 0.690 bits per heavy atom. The number of fused-ring (bicyclic) bond motifs is 1. The van der Waals surface area contributed by atoms with Crippen molar-refractivity contribution in [2.45, 2.75) is 12.8 Å². The van der Waals surface area contributed by atoms with E-state index >= 15 is 0 Å². The fourth-order valence-corrected chi connectivity index (χ4v) is 3.57. The van der Waals surface area contributed by atoms with Crippen molar-refractivity contribution in [1.82, 2.24) is 19.4 Å². The first-order valence-corrected chi connectivity index (χ1v) is 9.71. The van der Waals surface area contributed by atoms with Crippen molar-refractivity contribution in [3.63, 3.8) is 0 Å². The number of benzene rings is 2. The Hall–Kier alpha value is -3.79. The fraction of sp³-hybridized carbons (Fsp3) is 0.0800. The van der Waals surface area contributed by atoms with Gasteiger partial charge in [0.1, 0.15) is 0 Å². The number of aromatic nitrogens is 4. The van der Waals surface area contributed by atoms with Crippen LogP contribution in [0, 0.1) is 0 Å². The third kappa shape index (κ3) is 3.78. The molecule has 4 heteroatoms. The molecular weight excluding hydrogens is 356 g/mol. The van der Waals surface area contributed by atoms with Gasteiger partial charge in [-0.15, -0.1) is 0 Å². The highest BCUT2D eigenvalue weighted by Crippen LogP contribution is 2.22. The fourth-order valence-electron chi connectivity index (χ4n) is 3.57. The van der Waals surface area contributed by atoms with E-state index in [9.17, 15) is 0 Å². The van der Waals surface area contributed by atoms with Gasteiger partial charge >= 0.3 is 0 Å². The third-order valence-electron chi connectivity index (χ3n) is 4.95. The van der Waals surface area contributed by atoms with Gasteiger partial charge in [0.25, 0.3) is 0 Å². The van der Waals surface area contributed by atoms with E-state index in [1.54, 1.807) is 6.20 Å². The van der Waals surface area contributed by atoms with Gasteiger partial charge in [-0.05, 0) is 17.2 Å². The minimum atomic E-state index is 0.694. The Kier molecular flexibility index (Phi) is 4.59. The molecule has 0 atom stereocenters. The lowest BCUT2D eigenvalue weighted by molar-refractivity contribution is 1.01. The summed E-state index contributed by atoms with van der Waals surface area (Å²) in [6.45, 7) is 0.